The predicted octanol–water partition coefficient (Wildman–Crippen LogP) is 4.79. The van der Waals surface area contributed by atoms with Gasteiger partial charge in [-0.15, -0.1) is 0 Å². The van der Waals surface area contributed by atoms with Crippen molar-refractivity contribution in [3.8, 4) is 11.1 Å². The fraction of sp³-hybridized carbons (Fsp3) is 0.167. The lowest BCUT2D eigenvalue weighted by Crippen LogP contribution is -1.85. The topological polar surface area (TPSA) is 0 Å². The van der Waals surface area contributed by atoms with E-state index in [0.717, 1.165) is 0 Å². The van der Waals surface area contributed by atoms with Gasteiger partial charge >= 0.3 is 0 Å². The minimum Gasteiger partial charge on any atom is -0.152 e. The largest absolute Gasteiger partial charge is 0.152 e. The molecule has 0 spiro atoms. The van der Waals surface area contributed by atoms with Crippen molar-refractivity contribution in [2.24, 2.45) is 0 Å². The van der Waals surface area contributed by atoms with E-state index in [2.05, 4.69) is 58.7 Å². The zero-order valence-electron chi connectivity index (χ0n) is 8.17. The van der Waals surface area contributed by atoms with Crippen LogP contribution in [0.2, 0.25) is 0 Å². The first kappa shape index (κ1) is 9.94. The molecular formula is C12H11BrS. The zero-order valence-corrected chi connectivity index (χ0v) is 10.6. The van der Waals surface area contributed by atoms with Crippen LogP contribution in [0.5, 0.6) is 0 Å². The van der Waals surface area contributed by atoms with Crippen LogP contribution in [0.4, 0.5) is 0 Å². The maximum atomic E-state index is 3.59. The molecule has 0 bridgehead atoms. The fourth-order valence-electron chi connectivity index (χ4n) is 1.53. The Morgan fingerprint density at radius 2 is 2.00 bits per heavy atom. The number of rotatable bonds is 1. The monoisotopic (exact) mass is 266 g/mol. The van der Waals surface area contributed by atoms with E-state index < -0.39 is 0 Å². The van der Waals surface area contributed by atoms with Crippen molar-refractivity contribution in [3.63, 3.8) is 0 Å². The van der Waals surface area contributed by atoms with Gasteiger partial charge in [-0.1, -0.05) is 22.0 Å². The molecule has 0 amide bonds. The molecular weight excluding hydrogens is 256 g/mol. The lowest BCUT2D eigenvalue weighted by atomic mass is 10.0. The van der Waals surface area contributed by atoms with Gasteiger partial charge in [-0.3, -0.25) is 0 Å². The van der Waals surface area contributed by atoms with Gasteiger partial charge in [0.25, 0.3) is 0 Å². The third-order valence-electron chi connectivity index (χ3n) is 2.32. The molecule has 0 unspecified atom stereocenters. The maximum absolute atomic E-state index is 3.59. The lowest BCUT2D eigenvalue weighted by Gasteiger charge is -2.07. The van der Waals surface area contributed by atoms with Crippen molar-refractivity contribution in [3.05, 3.63) is 44.6 Å². The molecule has 0 radical (unpaired) electrons. The summed E-state index contributed by atoms with van der Waals surface area (Å²) in [6, 6.07) is 6.56. The van der Waals surface area contributed by atoms with E-state index in [-0.39, 0.29) is 0 Å². The zero-order chi connectivity index (χ0) is 10.1. The summed E-state index contributed by atoms with van der Waals surface area (Å²) in [5.41, 5.74) is 5.26. The summed E-state index contributed by atoms with van der Waals surface area (Å²) >= 11 is 5.33. The highest BCUT2D eigenvalue weighted by atomic mass is 79.9. The highest BCUT2D eigenvalue weighted by Crippen LogP contribution is 2.31. The Balaban J connectivity index is 2.64. The van der Waals surface area contributed by atoms with Crippen LogP contribution < -0.4 is 0 Å². The molecule has 2 heteroatoms. The minimum absolute atomic E-state index is 1.19. The molecule has 0 aliphatic carbocycles. The van der Waals surface area contributed by atoms with Crippen molar-refractivity contribution < 1.29 is 0 Å². The molecule has 0 fully saturated rings. The van der Waals surface area contributed by atoms with E-state index >= 15 is 0 Å². The second-order valence-electron chi connectivity index (χ2n) is 3.43. The van der Waals surface area contributed by atoms with Crippen LogP contribution in [-0.2, 0) is 0 Å². The van der Waals surface area contributed by atoms with Gasteiger partial charge in [0.15, 0.2) is 0 Å². The standard InChI is InChI=1S/C12H11BrS/c1-8-5-11(9(2)12(13)6-8)10-3-4-14-7-10/h3-7H,1-2H3. The number of thiophene rings is 1. The number of hydrogen-bond acceptors (Lipinski definition) is 1. The molecule has 0 nitrogen and oxygen atoms in total. The number of aryl methyl sites for hydroxylation is 1. The van der Waals surface area contributed by atoms with Crippen molar-refractivity contribution in [1.82, 2.24) is 0 Å². The first-order valence-electron chi connectivity index (χ1n) is 4.48. The van der Waals surface area contributed by atoms with Crippen molar-refractivity contribution >= 4 is 27.3 Å². The Morgan fingerprint density at radius 1 is 1.21 bits per heavy atom. The summed E-state index contributed by atoms with van der Waals surface area (Å²) in [5.74, 6) is 0. The van der Waals surface area contributed by atoms with E-state index in [0.29, 0.717) is 0 Å². The molecule has 72 valence electrons. The lowest BCUT2D eigenvalue weighted by molar-refractivity contribution is 1.37. The van der Waals surface area contributed by atoms with Crippen molar-refractivity contribution in [1.29, 1.82) is 0 Å². The van der Waals surface area contributed by atoms with Gasteiger partial charge < -0.3 is 0 Å². The average Bonchev–Trinajstić information content (AvgIpc) is 2.63. The van der Waals surface area contributed by atoms with E-state index in [9.17, 15) is 0 Å². The third-order valence-corrected chi connectivity index (χ3v) is 3.83. The predicted molar refractivity (Wildman–Crippen MR) is 66.9 cm³/mol. The van der Waals surface area contributed by atoms with Crippen molar-refractivity contribution in [2.75, 3.05) is 0 Å². The number of hydrogen-bond donors (Lipinski definition) is 0. The Kier molecular flexibility index (Phi) is 2.75. The number of halogens is 1. The Bertz CT molecular complexity index is 444. The fourth-order valence-corrected chi connectivity index (χ4v) is 2.76. The minimum atomic E-state index is 1.19. The Morgan fingerprint density at radius 3 is 2.64 bits per heavy atom. The molecule has 1 heterocycles. The van der Waals surface area contributed by atoms with E-state index in [4.69, 9.17) is 0 Å². The highest BCUT2D eigenvalue weighted by molar-refractivity contribution is 9.10. The molecule has 1 aromatic heterocycles. The maximum Gasteiger partial charge on any atom is 0.0213 e. The molecule has 1 aromatic carbocycles. The molecule has 2 rings (SSSR count). The first-order chi connectivity index (χ1) is 6.68. The molecule has 0 saturated carbocycles. The van der Waals surface area contributed by atoms with Crippen LogP contribution in [0.25, 0.3) is 11.1 Å². The van der Waals surface area contributed by atoms with Crippen LogP contribution in [-0.4, -0.2) is 0 Å². The Hall–Kier alpha value is -0.600. The summed E-state index contributed by atoms with van der Waals surface area (Å²) < 4.78 is 1.19. The van der Waals surface area contributed by atoms with Crippen LogP contribution in [0.15, 0.2) is 33.4 Å². The normalized spacial score (nSPS) is 10.5. The average molecular weight is 267 g/mol. The molecule has 2 aromatic rings. The quantitative estimate of drug-likeness (QED) is 0.696. The van der Waals surface area contributed by atoms with Gasteiger partial charge in [-0.05, 0) is 59.0 Å². The summed E-state index contributed by atoms with van der Waals surface area (Å²) in [7, 11) is 0. The van der Waals surface area contributed by atoms with Crippen LogP contribution in [0.1, 0.15) is 11.1 Å². The summed E-state index contributed by atoms with van der Waals surface area (Å²) in [6.45, 7) is 4.27. The van der Waals surface area contributed by atoms with Crippen LogP contribution >= 0.6 is 27.3 Å². The Labute approximate surface area is 96.7 Å². The molecule has 14 heavy (non-hydrogen) atoms. The second kappa shape index (κ2) is 3.87. The van der Waals surface area contributed by atoms with Gasteiger partial charge in [-0.25, -0.2) is 0 Å². The smallest absolute Gasteiger partial charge is 0.0213 e. The van der Waals surface area contributed by atoms with Crippen molar-refractivity contribution in [2.45, 2.75) is 13.8 Å². The molecule has 0 aliphatic heterocycles. The van der Waals surface area contributed by atoms with E-state index in [1.165, 1.54) is 26.7 Å². The van der Waals surface area contributed by atoms with E-state index in [1.807, 2.05) is 0 Å². The van der Waals surface area contributed by atoms with Gasteiger partial charge in [0, 0.05) is 4.47 Å². The summed E-state index contributed by atoms with van der Waals surface area (Å²) in [6.07, 6.45) is 0. The van der Waals surface area contributed by atoms with Crippen LogP contribution in [0.3, 0.4) is 0 Å². The van der Waals surface area contributed by atoms with Gasteiger partial charge in [-0.2, -0.15) is 11.3 Å². The number of benzene rings is 1. The second-order valence-corrected chi connectivity index (χ2v) is 5.07. The summed E-state index contributed by atoms with van der Waals surface area (Å²) in [5, 5.41) is 4.30. The molecule has 0 saturated heterocycles. The molecule has 0 atom stereocenters. The summed E-state index contributed by atoms with van der Waals surface area (Å²) in [4.78, 5) is 0. The van der Waals surface area contributed by atoms with Gasteiger partial charge in [0.05, 0.1) is 0 Å². The molecule has 0 aliphatic rings. The molecule has 0 N–H and O–H groups in total. The third kappa shape index (κ3) is 1.77. The first-order valence-corrected chi connectivity index (χ1v) is 6.21. The van der Waals surface area contributed by atoms with Gasteiger partial charge in [0.2, 0.25) is 0 Å². The SMILES string of the molecule is Cc1cc(Br)c(C)c(-c2ccsc2)c1. The highest BCUT2D eigenvalue weighted by Gasteiger charge is 2.05. The van der Waals surface area contributed by atoms with E-state index in [1.54, 1.807) is 11.3 Å². The van der Waals surface area contributed by atoms with Gasteiger partial charge in [0.1, 0.15) is 0 Å². The van der Waals surface area contributed by atoms with Crippen LogP contribution in [0, 0.1) is 13.8 Å².